The molecule has 0 aliphatic heterocycles. The molecule has 0 bridgehead atoms. The Labute approximate surface area is 160 Å². The number of hydrogen-bond donors (Lipinski definition) is 1. The van der Waals surface area contributed by atoms with Crippen molar-refractivity contribution in [3.05, 3.63) is 58.6 Å². The number of nitrogens with one attached hydrogen (secondary N) is 1. The minimum Gasteiger partial charge on any atom is -0.325 e. The normalized spacial score (nSPS) is 11.2. The molecular formula is C21H25ClN2O2. The van der Waals surface area contributed by atoms with Gasteiger partial charge in [0.25, 0.3) is 0 Å². The van der Waals surface area contributed by atoms with Gasteiger partial charge < -0.3 is 10.2 Å². The van der Waals surface area contributed by atoms with Crippen molar-refractivity contribution in [2.45, 2.75) is 40.0 Å². The molecule has 0 heterocycles. The van der Waals surface area contributed by atoms with Gasteiger partial charge in [-0.15, -0.1) is 0 Å². The fourth-order valence-electron chi connectivity index (χ4n) is 2.69. The monoisotopic (exact) mass is 372 g/mol. The van der Waals surface area contributed by atoms with Crippen LogP contribution in [-0.2, 0) is 15.0 Å². The maximum absolute atomic E-state index is 12.4. The lowest BCUT2D eigenvalue weighted by Gasteiger charge is -2.23. The summed E-state index contributed by atoms with van der Waals surface area (Å²) in [6, 6.07) is 13.0. The highest BCUT2D eigenvalue weighted by Gasteiger charge is 2.18. The smallest absolute Gasteiger partial charge is 0.244 e. The summed E-state index contributed by atoms with van der Waals surface area (Å²) >= 11 is 5.98. The van der Waals surface area contributed by atoms with Crippen molar-refractivity contribution in [2.24, 2.45) is 0 Å². The van der Waals surface area contributed by atoms with Crippen LogP contribution in [0.5, 0.6) is 0 Å². The molecule has 0 saturated carbocycles. The second-order valence-corrected chi connectivity index (χ2v) is 7.85. The van der Waals surface area contributed by atoms with E-state index in [1.807, 2.05) is 31.2 Å². The van der Waals surface area contributed by atoms with Crippen LogP contribution in [0.15, 0.2) is 42.5 Å². The summed E-state index contributed by atoms with van der Waals surface area (Å²) in [5, 5.41) is 3.44. The Kier molecular flexibility index (Phi) is 6.09. The zero-order valence-electron chi connectivity index (χ0n) is 15.9. The first-order chi connectivity index (χ1) is 12.1. The van der Waals surface area contributed by atoms with Gasteiger partial charge in [-0.25, -0.2) is 0 Å². The average molecular weight is 373 g/mol. The number of halogens is 1. The number of amides is 2. The first-order valence-corrected chi connectivity index (χ1v) is 8.90. The molecule has 0 radical (unpaired) electrons. The molecule has 26 heavy (non-hydrogen) atoms. The molecule has 0 aromatic heterocycles. The summed E-state index contributed by atoms with van der Waals surface area (Å²) in [5.74, 6) is -0.452. The SMILES string of the molecule is CC(=O)N(CC(=O)Nc1ccc(C(C)(C)C)cc1)c1ccc(Cl)cc1C. The van der Waals surface area contributed by atoms with Crippen LogP contribution < -0.4 is 10.2 Å². The van der Waals surface area contributed by atoms with E-state index >= 15 is 0 Å². The quantitative estimate of drug-likeness (QED) is 0.826. The maximum Gasteiger partial charge on any atom is 0.244 e. The van der Waals surface area contributed by atoms with Gasteiger partial charge in [0.1, 0.15) is 6.54 Å². The molecule has 0 unspecified atom stereocenters. The van der Waals surface area contributed by atoms with Crippen LogP contribution in [0.4, 0.5) is 11.4 Å². The van der Waals surface area contributed by atoms with Gasteiger partial charge in [-0.3, -0.25) is 9.59 Å². The van der Waals surface area contributed by atoms with Crippen molar-refractivity contribution in [3.63, 3.8) is 0 Å². The number of rotatable bonds is 4. The zero-order chi connectivity index (χ0) is 19.5. The van der Waals surface area contributed by atoms with Crippen molar-refractivity contribution in [1.82, 2.24) is 0 Å². The Balaban J connectivity index is 2.12. The Bertz CT molecular complexity index is 808. The number of benzene rings is 2. The zero-order valence-corrected chi connectivity index (χ0v) is 16.6. The highest BCUT2D eigenvalue weighted by molar-refractivity contribution is 6.30. The van der Waals surface area contributed by atoms with E-state index in [4.69, 9.17) is 11.6 Å². The fraction of sp³-hybridized carbons (Fsp3) is 0.333. The Morgan fingerprint density at radius 1 is 1.08 bits per heavy atom. The number of carbonyl (C=O) groups excluding carboxylic acids is 2. The predicted molar refractivity (Wildman–Crippen MR) is 108 cm³/mol. The van der Waals surface area contributed by atoms with Gasteiger partial charge in [-0.1, -0.05) is 44.5 Å². The topological polar surface area (TPSA) is 49.4 Å². The van der Waals surface area contributed by atoms with Gasteiger partial charge in [0.2, 0.25) is 11.8 Å². The molecule has 0 spiro atoms. The Morgan fingerprint density at radius 3 is 2.19 bits per heavy atom. The van der Waals surface area contributed by atoms with Gasteiger partial charge in [-0.05, 0) is 53.8 Å². The summed E-state index contributed by atoms with van der Waals surface area (Å²) in [5.41, 5.74) is 3.48. The maximum atomic E-state index is 12.4. The fourth-order valence-corrected chi connectivity index (χ4v) is 2.91. The lowest BCUT2D eigenvalue weighted by molar-refractivity contribution is -0.120. The molecule has 0 aliphatic carbocycles. The number of hydrogen-bond acceptors (Lipinski definition) is 2. The third-order valence-electron chi connectivity index (χ3n) is 4.17. The van der Waals surface area contributed by atoms with Crippen molar-refractivity contribution in [2.75, 3.05) is 16.8 Å². The van der Waals surface area contributed by atoms with Crippen LogP contribution in [0.3, 0.4) is 0 Å². The van der Waals surface area contributed by atoms with E-state index in [0.29, 0.717) is 16.4 Å². The molecule has 2 amide bonds. The molecule has 5 heteroatoms. The van der Waals surface area contributed by atoms with Gasteiger partial charge in [0.15, 0.2) is 0 Å². The van der Waals surface area contributed by atoms with E-state index in [2.05, 4.69) is 26.1 Å². The minimum absolute atomic E-state index is 0.0556. The number of aryl methyl sites for hydroxylation is 1. The first kappa shape index (κ1) is 20.0. The van der Waals surface area contributed by atoms with Crippen LogP contribution in [0.1, 0.15) is 38.8 Å². The average Bonchev–Trinajstić information content (AvgIpc) is 2.52. The van der Waals surface area contributed by atoms with Gasteiger partial charge in [0, 0.05) is 23.3 Å². The van der Waals surface area contributed by atoms with Crippen molar-refractivity contribution >= 4 is 34.8 Å². The molecule has 0 saturated heterocycles. The molecule has 0 aliphatic rings. The summed E-state index contributed by atoms with van der Waals surface area (Å²) in [4.78, 5) is 25.9. The highest BCUT2D eigenvalue weighted by atomic mass is 35.5. The summed E-state index contributed by atoms with van der Waals surface area (Å²) in [6.07, 6.45) is 0. The molecule has 1 N–H and O–H groups in total. The van der Waals surface area contributed by atoms with Gasteiger partial charge >= 0.3 is 0 Å². The molecule has 4 nitrogen and oxygen atoms in total. The Morgan fingerprint density at radius 2 is 1.69 bits per heavy atom. The summed E-state index contributed by atoms with van der Waals surface area (Å²) < 4.78 is 0. The van der Waals surface area contributed by atoms with Crippen LogP contribution >= 0.6 is 11.6 Å². The highest BCUT2D eigenvalue weighted by Crippen LogP contribution is 2.25. The van der Waals surface area contributed by atoms with Crippen molar-refractivity contribution in [3.8, 4) is 0 Å². The second kappa shape index (κ2) is 7.92. The van der Waals surface area contributed by atoms with Gasteiger partial charge in [-0.2, -0.15) is 0 Å². The summed E-state index contributed by atoms with van der Waals surface area (Å²) in [6.45, 7) is 9.66. The van der Waals surface area contributed by atoms with E-state index < -0.39 is 0 Å². The van der Waals surface area contributed by atoms with E-state index in [9.17, 15) is 9.59 Å². The van der Waals surface area contributed by atoms with Crippen molar-refractivity contribution in [1.29, 1.82) is 0 Å². The molecule has 0 atom stereocenters. The molecule has 138 valence electrons. The van der Waals surface area contributed by atoms with Crippen LogP contribution in [0.25, 0.3) is 0 Å². The van der Waals surface area contributed by atoms with E-state index in [-0.39, 0.29) is 23.8 Å². The third kappa shape index (κ3) is 5.09. The molecule has 2 rings (SSSR count). The van der Waals surface area contributed by atoms with Gasteiger partial charge in [0.05, 0.1) is 0 Å². The molecule has 2 aromatic carbocycles. The second-order valence-electron chi connectivity index (χ2n) is 7.41. The number of carbonyl (C=O) groups is 2. The summed E-state index contributed by atoms with van der Waals surface area (Å²) in [7, 11) is 0. The van der Waals surface area contributed by atoms with E-state index in [0.717, 1.165) is 5.56 Å². The van der Waals surface area contributed by atoms with Crippen LogP contribution in [-0.4, -0.2) is 18.4 Å². The standard InChI is InChI=1S/C21H25ClN2O2/c1-14-12-17(22)8-11-19(14)24(15(2)25)13-20(26)23-18-9-6-16(7-10-18)21(3,4)5/h6-12H,13H2,1-5H3,(H,23,26). The largest absolute Gasteiger partial charge is 0.325 e. The van der Waals surface area contributed by atoms with Crippen molar-refractivity contribution < 1.29 is 9.59 Å². The molecular weight excluding hydrogens is 348 g/mol. The van der Waals surface area contributed by atoms with Crippen LogP contribution in [0, 0.1) is 6.92 Å². The Hall–Kier alpha value is -2.33. The third-order valence-corrected chi connectivity index (χ3v) is 4.40. The predicted octanol–water partition coefficient (Wildman–Crippen LogP) is 4.94. The molecule has 2 aromatic rings. The van der Waals surface area contributed by atoms with Crippen LogP contribution in [0.2, 0.25) is 5.02 Å². The number of anilines is 2. The lowest BCUT2D eigenvalue weighted by Crippen LogP contribution is -2.37. The minimum atomic E-state index is -0.252. The molecule has 0 fully saturated rings. The van der Waals surface area contributed by atoms with E-state index in [1.165, 1.54) is 17.4 Å². The lowest BCUT2D eigenvalue weighted by atomic mass is 9.87. The first-order valence-electron chi connectivity index (χ1n) is 8.52. The number of nitrogens with zero attached hydrogens (tertiary/aromatic N) is 1. The van der Waals surface area contributed by atoms with E-state index in [1.54, 1.807) is 18.2 Å².